The lowest BCUT2D eigenvalue weighted by Gasteiger charge is -2.14. The number of nitrogens with one attached hydrogen (secondary N) is 1. The van der Waals surface area contributed by atoms with Gasteiger partial charge in [-0.05, 0) is 31.9 Å². The Morgan fingerprint density at radius 3 is 2.57 bits per heavy atom. The second-order valence-corrected chi connectivity index (χ2v) is 5.63. The van der Waals surface area contributed by atoms with Gasteiger partial charge >= 0.3 is 0 Å². The Labute approximate surface area is 135 Å². The molecule has 2 aromatic rings. The predicted molar refractivity (Wildman–Crippen MR) is 90.4 cm³/mol. The molecule has 0 aliphatic rings. The number of nitrogens with zero attached hydrogens (tertiary/aromatic N) is 2. The second-order valence-electron chi connectivity index (χ2n) is 4.84. The van der Waals surface area contributed by atoms with Gasteiger partial charge in [0.2, 0.25) is 0 Å². The number of hydrogen-bond donors (Lipinski definition) is 1. The summed E-state index contributed by atoms with van der Waals surface area (Å²) < 4.78 is 0. The molecule has 0 fully saturated rings. The molecular formula is C16H19Cl2N3. The van der Waals surface area contributed by atoms with Crippen molar-refractivity contribution in [3.05, 3.63) is 39.5 Å². The third kappa shape index (κ3) is 3.47. The van der Waals surface area contributed by atoms with Crippen molar-refractivity contribution in [3.8, 4) is 11.4 Å². The first kappa shape index (κ1) is 16.1. The van der Waals surface area contributed by atoms with Gasteiger partial charge in [0, 0.05) is 23.4 Å². The van der Waals surface area contributed by atoms with Gasteiger partial charge in [-0.25, -0.2) is 9.97 Å². The standard InChI is InChI=1S/C16H19Cl2N3/c1-4-9-19-15-11(5-2)10(3)20-16(21-15)12-7-6-8-13(17)14(12)18/h6-8H,4-5,9H2,1-3H3,(H,19,20,21). The van der Waals surface area contributed by atoms with Crippen LogP contribution < -0.4 is 5.32 Å². The van der Waals surface area contributed by atoms with Crippen LogP contribution in [-0.2, 0) is 6.42 Å². The Balaban J connectivity index is 2.54. The van der Waals surface area contributed by atoms with E-state index in [-0.39, 0.29) is 0 Å². The zero-order valence-corrected chi connectivity index (χ0v) is 14.0. The molecule has 0 radical (unpaired) electrons. The molecule has 3 nitrogen and oxygen atoms in total. The highest BCUT2D eigenvalue weighted by molar-refractivity contribution is 6.43. The number of benzene rings is 1. The summed E-state index contributed by atoms with van der Waals surface area (Å²) in [5, 5.41) is 4.37. The van der Waals surface area contributed by atoms with Crippen molar-refractivity contribution in [2.75, 3.05) is 11.9 Å². The smallest absolute Gasteiger partial charge is 0.163 e. The minimum Gasteiger partial charge on any atom is -0.370 e. The Bertz CT molecular complexity index is 642. The van der Waals surface area contributed by atoms with E-state index in [4.69, 9.17) is 23.2 Å². The number of aryl methyl sites for hydroxylation is 1. The average molecular weight is 324 g/mol. The maximum Gasteiger partial charge on any atom is 0.163 e. The summed E-state index contributed by atoms with van der Waals surface area (Å²) in [6.45, 7) is 7.11. The van der Waals surface area contributed by atoms with E-state index in [9.17, 15) is 0 Å². The summed E-state index contributed by atoms with van der Waals surface area (Å²) in [5.74, 6) is 1.49. The van der Waals surface area contributed by atoms with E-state index in [0.717, 1.165) is 42.0 Å². The lowest BCUT2D eigenvalue weighted by molar-refractivity contribution is 0.938. The van der Waals surface area contributed by atoms with Gasteiger partial charge in [0.1, 0.15) is 5.82 Å². The van der Waals surface area contributed by atoms with Crippen LogP contribution in [0.1, 0.15) is 31.5 Å². The molecule has 5 heteroatoms. The molecule has 0 saturated carbocycles. The summed E-state index contributed by atoms with van der Waals surface area (Å²) in [4.78, 5) is 9.24. The van der Waals surface area contributed by atoms with Gasteiger partial charge in [-0.1, -0.05) is 43.1 Å². The van der Waals surface area contributed by atoms with E-state index in [1.54, 1.807) is 6.07 Å². The van der Waals surface area contributed by atoms with Crippen molar-refractivity contribution in [2.45, 2.75) is 33.6 Å². The molecule has 0 atom stereocenters. The van der Waals surface area contributed by atoms with E-state index >= 15 is 0 Å². The summed E-state index contributed by atoms with van der Waals surface area (Å²) >= 11 is 12.4. The van der Waals surface area contributed by atoms with E-state index in [1.165, 1.54) is 0 Å². The molecule has 0 amide bonds. The van der Waals surface area contributed by atoms with Crippen LogP contribution in [0.5, 0.6) is 0 Å². The van der Waals surface area contributed by atoms with Gasteiger partial charge in [0.25, 0.3) is 0 Å². The molecular weight excluding hydrogens is 305 g/mol. The fourth-order valence-corrected chi connectivity index (χ4v) is 2.59. The lowest BCUT2D eigenvalue weighted by atomic mass is 10.1. The summed E-state index contributed by atoms with van der Waals surface area (Å²) in [6.07, 6.45) is 1.93. The predicted octanol–water partition coefficient (Wildman–Crippen LogP) is 5.14. The highest BCUT2D eigenvalue weighted by atomic mass is 35.5. The van der Waals surface area contributed by atoms with E-state index < -0.39 is 0 Å². The Kier molecular flexibility index (Phi) is 5.43. The van der Waals surface area contributed by atoms with Crippen LogP contribution in [0.15, 0.2) is 18.2 Å². The third-order valence-corrected chi connectivity index (χ3v) is 4.12. The monoisotopic (exact) mass is 323 g/mol. The SMILES string of the molecule is CCCNc1nc(-c2cccc(Cl)c2Cl)nc(C)c1CC. The van der Waals surface area contributed by atoms with Crippen molar-refractivity contribution in [1.82, 2.24) is 9.97 Å². The zero-order valence-electron chi connectivity index (χ0n) is 12.5. The van der Waals surface area contributed by atoms with E-state index in [2.05, 4.69) is 29.1 Å². The van der Waals surface area contributed by atoms with Crippen LogP contribution in [0.25, 0.3) is 11.4 Å². The Hall–Kier alpha value is -1.32. The van der Waals surface area contributed by atoms with Crippen LogP contribution in [0.2, 0.25) is 10.0 Å². The molecule has 1 heterocycles. The molecule has 112 valence electrons. The molecule has 2 rings (SSSR count). The lowest BCUT2D eigenvalue weighted by Crippen LogP contribution is -2.09. The molecule has 0 bridgehead atoms. The molecule has 0 spiro atoms. The quantitative estimate of drug-likeness (QED) is 0.827. The van der Waals surface area contributed by atoms with E-state index in [0.29, 0.717) is 15.9 Å². The maximum absolute atomic E-state index is 6.28. The largest absolute Gasteiger partial charge is 0.370 e. The van der Waals surface area contributed by atoms with Crippen molar-refractivity contribution in [1.29, 1.82) is 0 Å². The van der Waals surface area contributed by atoms with Gasteiger partial charge in [-0.15, -0.1) is 0 Å². The molecule has 0 unspecified atom stereocenters. The molecule has 0 aliphatic carbocycles. The number of rotatable bonds is 5. The summed E-state index contributed by atoms with van der Waals surface area (Å²) in [6, 6.07) is 5.50. The minimum absolute atomic E-state index is 0.490. The second kappa shape index (κ2) is 7.10. The average Bonchev–Trinajstić information content (AvgIpc) is 2.47. The van der Waals surface area contributed by atoms with Gasteiger partial charge in [0.15, 0.2) is 5.82 Å². The molecule has 1 aromatic heterocycles. The van der Waals surface area contributed by atoms with E-state index in [1.807, 2.05) is 19.1 Å². The van der Waals surface area contributed by atoms with Crippen LogP contribution in [-0.4, -0.2) is 16.5 Å². The fourth-order valence-electron chi connectivity index (χ4n) is 2.21. The zero-order chi connectivity index (χ0) is 15.4. The number of halogens is 2. The first-order valence-electron chi connectivity index (χ1n) is 7.14. The fraction of sp³-hybridized carbons (Fsp3) is 0.375. The number of hydrogen-bond acceptors (Lipinski definition) is 3. The molecule has 1 aromatic carbocycles. The maximum atomic E-state index is 6.28. The highest BCUT2D eigenvalue weighted by Gasteiger charge is 2.14. The van der Waals surface area contributed by atoms with Crippen LogP contribution in [0, 0.1) is 6.92 Å². The van der Waals surface area contributed by atoms with Gasteiger partial charge < -0.3 is 5.32 Å². The number of anilines is 1. The van der Waals surface area contributed by atoms with Crippen LogP contribution in [0.4, 0.5) is 5.82 Å². The Morgan fingerprint density at radius 2 is 1.90 bits per heavy atom. The van der Waals surface area contributed by atoms with Crippen molar-refractivity contribution in [2.24, 2.45) is 0 Å². The highest BCUT2D eigenvalue weighted by Crippen LogP contribution is 2.33. The van der Waals surface area contributed by atoms with Gasteiger partial charge in [-0.3, -0.25) is 0 Å². The van der Waals surface area contributed by atoms with Crippen molar-refractivity contribution < 1.29 is 0 Å². The normalized spacial score (nSPS) is 10.7. The van der Waals surface area contributed by atoms with Gasteiger partial charge in [0.05, 0.1) is 10.0 Å². The topological polar surface area (TPSA) is 37.8 Å². The number of aromatic nitrogens is 2. The van der Waals surface area contributed by atoms with Crippen molar-refractivity contribution >= 4 is 29.0 Å². The van der Waals surface area contributed by atoms with Crippen molar-refractivity contribution in [3.63, 3.8) is 0 Å². The molecule has 0 aliphatic heterocycles. The van der Waals surface area contributed by atoms with Crippen LogP contribution in [0.3, 0.4) is 0 Å². The molecule has 1 N–H and O–H groups in total. The third-order valence-electron chi connectivity index (χ3n) is 3.30. The Morgan fingerprint density at radius 1 is 1.14 bits per heavy atom. The molecule has 0 saturated heterocycles. The van der Waals surface area contributed by atoms with Crippen LogP contribution >= 0.6 is 23.2 Å². The van der Waals surface area contributed by atoms with Gasteiger partial charge in [-0.2, -0.15) is 0 Å². The summed E-state index contributed by atoms with van der Waals surface area (Å²) in [7, 11) is 0. The first-order valence-corrected chi connectivity index (χ1v) is 7.89. The first-order chi connectivity index (χ1) is 10.1. The minimum atomic E-state index is 0.490. The molecule has 21 heavy (non-hydrogen) atoms. The summed E-state index contributed by atoms with van der Waals surface area (Å²) in [5.41, 5.74) is 2.87.